The zero-order valence-electron chi connectivity index (χ0n) is 14.3. The van der Waals surface area contributed by atoms with Crippen LogP contribution in [0.25, 0.3) is 16.2 Å². The van der Waals surface area contributed by atoms with Crippen LogP contribution >= 0.6 is 11.3 Å². The van der Waals surface area contributed by atoms with Gasteiger partial charge in [0.05, 0.1) is 12.8 Å². The molecule has 0 bridgehead atoms. The molecule has 2 heterocycles. The number of methoxy groups -OCH3 is 1. The second-order valence-electron chi connectivity index (χ2n) is 5.80. The summed E-state index contributed by atoms with van der Waals surface area (Å²) in [6.45, 7) is 1.95. The van der Waals surface area contributed by atoms with Crippen LogP contribution in [0.2, 0.25) is 0 Å². The second-order valence-corrected chi connectivity index (χ2v) is 6.64. The molecule has 0 radical (unpaired) electrons. The number of carbonyl (C=O) groups is 1. The molecule has 0 spiro atoms. The van der Waals surface area contributed by atoms with Crippen molar-refractivity contribution < 1.29 is 9.53 Å². The highest BCUT2D eigenvalue weighted by Crippen LogP contribution is 2.27. The molecular formula is C19H16N4O2S. The first-order valence-corrected chi connectivity index (χ1v) is 8.89. The number of aromatic nitrogens is 3. The fourth-order valence-electron chi connectivity index (χ4n) is 2.65. The van der Waals surface area contributed by atoms with Gasteiger partial charge in [0.25, 0.3) is 11.9 Å². The highest BCUT2D eigenvalue weighted by Gasteiger charge is 2.14. The molecule has 0 saturated carbocycles. The molecule has 1 amide bonds. The number of nitrogens with one attached hydrogen (secondary N) is 1. The maximum absolute atomic E-state index is 12.4. The molecule has 2 aromatic heterocycles. The molecular weight excluding hydrogens is 348 g/mol. The summed E-state index contributed by atoms with van der Waals surface area (Å²) in [4.78, 5) is 17.5. The molecule has 0 aliphatic carbocycles. The molecule has 26 heavy (non-hydrogen) atoms. The molecule has 130 valence electrons. The molecule has 0 saturated heterocycles. The smallest absolute Gasteiger partial charge is 0.258 e. The van der Waals surface area contributed by atoms with Gasteiger partial charge in [-0.3, -0.25) is 10.1 Å². The van der Waals surface area contributed by atoms with Crippen LogP contribution in [0.5, 0.6) is 5.75 Å². The van der Waals surface area contributed by atoms with E-state index in [2.05, 4.69) is 15.4 Å². The van der Waals surface area contributed by atoms with Gasteiger partial charge in [0.2, 0.25) is 4.96 Å². The molecule has 0 fully saturated rings. The Labute approximate surface area is 154 Å². The third-order valence-electron chi connectivity index (χ3n) is 3.97. The van der Waals surface area contributed by atoms with Gasteiger partial charge in [-0.1, -0.05) is 17.7 Å². The first kappa shape index (κ1) is 16.3. The zero-order valence-corrected chi connectivity index (χ0v) is 15.1. The maximum atomic E-state index is 12.4. The first-order valence-electron chi connectivity index (χ1n) is 8.01. The molecule has 4 aromatic rings. The van der Waals surface area contributed by atoms with Gasteiger partial charge < -0.3 is 4.74 Å². The summed E-state index contributed by atoms with van der Waals surface area (Å²) >= 11 is 1.47. The quantitative estimate of drug-likeness (QED) is 0.594. The number of fused-ring (bicyclic) bond motifs is 1. The van der Waals surface area contributed by atoms with Gasteiger partial charge >= 0.3 is 0 Å². The van der Waals surface area contributed by atoms with Gasteiger partial charge in [-0.05, 0) is 43.3 Å². The average Bonchev–Trinajstić information content (AvgIpc) is 3.22. The van der Waals surface area contributed by atoms with Crippen LogP contribution in [-0.2, 0) is 0 Å². The third-order valence-corrected chi connectivity index (χ3v) is 4.79. The number of aryl methyl sites for hydroxylation is 1. The van der Waals surface area contributed by atoms with Gasteiger partial charge in [0, 0.05) is 16.5 Å². The van der Waals surface area contributed by atoms with Crippen LogP contribution in [0.3, 0.4) is 0 Å². The van der Waals surface area contributed by atoms with Crippen molar-refractivity contribution in [1.29, 1.82) is 0 Å². The molecule has 4 rings (SSSR count). The van der Waals surface area contributed by atoms with E-state index in [1.54, 1.807) is 17.7 Å². The Kier molecular flexibility index (Phi) is 4.14. The van der Waals surface area contributed by atoms with Gasteiger partial charge in [0.15, 0.2) is 0 Å². The van der Waals surface area contributed by atoms with Crippen molar-refractivity contribution in [2.75, 3.05) is 12.4 Å². The SMILES string of the molecule is COc1ccc(-c2csc3nc(NC(=O)c4cccc(C)c4)nn23)cc1. The van der Waals surface area contributed by atoms with Crippen molar-refractivity contribution in [3.63, 3.8) is 0 Å². The van der Waals surface area contributed by atoms with E-state index in [4.69, 9.17) is 4.74 Å². The Morgan fingerprint density at radius 1 is 1.19 bits per heavy atom. The van der Waals surface area contributed by atoms with E-state index < -0.39 is 0 Å². The summed E-state index contributed by atoms with van der Waals surface area (Å²) in [5.41, 5.74) is 3.52. The molecule has 0 atom stereocenters. The molecule has 1 N–H and O–H groups in total. The number of rotatable bonds is 4. The van der Waals surface area contributed by atoms with Crippen molar-refractivity contribution in [3.05, 3.63) is 65.0 Å². The molecule has 6 nitrogen and oxygen atoms in total. The van der Waals surface area contributed by atoms with E-state index in [1.165, 1.54) is 11.3 Å². The van der Waals surface area contributed by atoms with E-state index in [0.717, 1.165) is 27.5 Å². The average molecular weight is 364 g/mol. The Morgan fingerprint density at radius 2 is 2.00 bits per heavy atom. The predicted molar refractivity (Wildman–Crippen MR) is 102 cm³/mol. The number of amides is 1. The zero-order chi connectivity index (χ0) is 18.1. The summed E-state index contributed by atoms with van der Waals surface area (Å²) in [5.74, 6) is 0.862. The van der Waals surface area contributed by atoms with E-state index in [9.17, 15) is 4.79 Å². The normalized spacial score (nSPS) is 10.8. The maximum Gasteiger partial charge on any atom is 0.258 e. The molecule has 2 aromatic carbocycles. The number of nitrogens with zero attached hydrogens (tertiary/aromatic N) is 3. The number of thiazole rings is 1. The highest BCUT2D eigenvalue weighted by molar-refractivity contribution is 7.15. The van der Waals surface area contributed by atoms with E-state index in [-0.39, 0.29) is 11.9 Å². The van der Waals surface area contributed by atoms with Crippen LogP contribution in [0.1, 0.15) is 15.9 Å². The number of anilines is 1. The van der Waals surface area contributed by atoms with E-state index in [1.807, 2.05) is 54.8 Å². The van der Waals surface area contributed by atoms with Gasteiger partial charge in [-0.15, -0.1) is 16.4 Å². The lowest BCUT2D eigenvalue weighted by atomic mass is 10.1. The summed E-state index contributed by atoms with van der Waals surface area (Å²) in [7, 11) is 1.64. The monoisotopic (exact) mass is 364 g/mol. The van der Waals surface area contributed by atoms with Crippen LogP contribution in [0.15, 0.2) is 53.9 Å². The minimum absolute atomic E-state index is 0.224. The highest BCUT2D eigenvalue weighted by atomic mass is 32.1. The minimum Gasteiger partial charge on any atom is -0.497 e. The number of hydrogen-bond acceptors (Lipinski definition) is 5. The number of ether oxygens (including phenoxy) is 1. The van der Waals surface area contributed by atoms with Crippen LogP contribution in [0, 0.1) is 6.92 Å². The molecule has 0 aliphatic heterocycles. The van der Waals surface area contributed by atoms with E-state index >= 15 is 0 Å². The largest absolute Gasteiger partial charge is 0.497 e. The summed E-state index contributed by atoms with van der Waals surface area (Å²) in [6, 6.07) is 15.1. The Hall–Kier alpha value is -3.19. The van der Waals surface area contributed by atoms with Crippen molar-refractivity contribution in [3.8, 4) is 17.0 Å². The fourth-order valence-corrected chi connectivity index (χ4v) is 3.49. The minimum atomic E-state index is -0.224. The van der Waals surface area contributed by atoms with Gasteiger partial charge in [0.1, 0.15) is 5.75 Å². The van der Waals surface area contributed by atoms with Crippen molar-refractivity contribution in [2.24, 2.45) is 0 Å². The first-order chi connectivity index (χ1) is 12.6. The van der Waals surface area contributed by atoms with E-state index in [0.29, 0.717) is 5.56 Å². The molecule has 7 heteroatoms. The van der Waals surface area contributed by atoms with Crippen LogP contribution in [-0.4, -0.2) is 27.6 Å². The number of carbonyl (C=O) groups excluding carboxylic acids is 1. The molecule has 0 aliphatic rings. The predicted octanol–water partition coefficient (Wildman–Crippen LogP) is 4.03. The number of benzene rings is 2. The Bertz CT molecular complexity index is 1080. The standard InChI is InChI=1S/C19H16N4O2S/c1-12-4-3-5-14(10-12)17(24)20-18-21-19-23(22-18)16(11-26-19)13-6-8-15(25-2)9-7-13/h3-11H,1-2H3,(H,20,22,24). The van der Waals surface area contributed by atoms with Gasteiger partial charge in [-0.25, -0.2) is 4.52 Å². The lowest BCUT2D eigenvalue weighted by Gasteiger charge is -2.02. The van der Waals surface area contributed by atoms with Crippen molar-refractivity contribution in [2.45, 2.75) is 6.92 Å². The Balaban J connectivity index is 1.62. The summed E-state index contributed by atoms with van der Waals surface area (Å²) in [6.07, 6.45) is 0. The topological polar surface area (TPSA) is 68.5 Å². The Morgan fingerprint density at radius 3 is 2.73 bits per heavy atom. The summed E-state index contributed by atoms with van der Waals surface area (Å²) in [5, 5.41) is 9.18. The summed E-state index contributed by atoms with van der Waals surface area (Å²) < 4.78 is 6.93. The second kappa shape index (κ2) is 6.61. The number of hydrogen-bond donors (Lipinski definition) is 1. The third kappa shape index (κ3) is 3.04. The van der Waals surface area contributed by atoms with Gasteiger partial charge in [-0.2, -0.15) is 4.98 Å². The molecule has 0 unspecified atom stereocenters. The van der Waals surface area contributed by atoms with Crippen molar-refractivity contribution >= 4 is 28.2 Å². The fraction of sp³-hybridized carbons (Fsp3) is 0.105. The van der Waals surface area contributed by atoms with Crippen LogP contribution < -0.4 is 10.1 Å². The van der Waals surface area contributed by atoms with Crippen molar-refractivity contribution in [1.82, 2.24) is 14.6 Å². The van der Waals surface area contributed by atoms with Crippen LogP contribution in [0.4, 0.5) is 5.95 Å². The lowest BCUT2D eigenvalue weighted by Crippen LogP contribution is -2.13. The lowest BCUT2D eigenvalue weighted by molar-refractivity contribution is 0.102.